The fraction of sp³-hybridized carbons (Fsp3) is 0. The lowest BCUT2D eigenvalue weighted by molar-refractivity contribution is 0.823. The van der Waals surface area contributed by atoms with Gasteiger partial charge in [0.1, 0.15) is 5.52 Å². The van der Waals surface area contributed by atoms with E-state index in [4.69, 9.17) is 0 Å². The molecule has 78 valence electrons. The van der Waals surface area contributed by atoms with Crippen LogP contribution in [0.25, 0.3) is 16.7 Å². The second kappa shape index (κ2) is 3.68. The Morgan fingerprint density at radius 2 is 2.12 bits per heavy atom. The summed E-state index contributed by atoms with van der Waals surface area (Å²) < 4.78 is 2.81. The van der Waals surface area contributed by atoms with Gasteiger partial charge in [0.2, 0.25) is 0 Å². The highest BCUT2D eigenvalue weighted by Crippen LogP contribution is 2.18. The summed E-state index contributed by atoms with van der Waals surface area (Å²) in [4.78, 5) is 4.01. The third-order valence-electron chi connectivity index (χ3n) is 2.30. The minimum absolute atomic E-state index is 0.794. The van der Waals surface area contributed by atoms with Crippen LogP contribution in [-0.4, -0.2) is 20.0 Å². The molecule has 0 aliphatic heterocycles. The van der Waals surface area contributed by atoms with Gasteiger partial charge in [-0.25, -0.2) is 4.68 Å². The fourth-order valence-electron chi connectivity index (χ4n) is 1.57. The maximum absolute atomic E-state index is 4.11. The van der Waals surface area contributed by atoms with E-state index in [0.717, 1.165) is 21.2 Å². The van der Waals surface area contributed by atoms with Gasteiger partial charge in [-0.05, 0) is 24.3 Å². The Morgan fingerprint density at radius 1 is 1.19 bits per heavy atom. The maximum atomic E-state index is 4.11. The van der Waals surface area contributed by atoms with Crippen molar-refractivity contribution >= 4 is 27.0 Å². The zero-order chi connectivity index (χ0) is 11.0. The molecule has 0 N–H and O–H groups in total. The molecule has 0 spiro atoms. The van der Waals surface area contributed by atoms with E-state index >= 15 is 0 Å². The Labute approximate surface area is 100 Å². The second-order valence-corrected chi connectivity index (χ2v) is 4.26. The van der Waals surface area contributed by atoms with Crippen LogP contribution in [-0.2, 0) is 0 Å². The molecule has 0 aliphatic carbocycles. The van der Waals surface area contributed by atoms with Gasteiger partial charge in [-0.1, -0.05) is 27.2 Å². The van der Waals surface area contributed by atoms with Gasteiger partial charge in [-0.15, -0.1) is 5.10 Å². The standard InChI is InChI=1S/C11H7BrN4/c12-8-2-1-3-9(6-8)16-11-4-5-13-7-10(11)14-15-16/h1-7H. The van der Waals surface area contributed by atoms with Gasteiger partial charge in [0, 0.05) is 10.7 Å². The molecule has 0 bridgehead atoms. The number of halogens is 1. The first-order valence-corrected chi connectivity index (χ1v) is 5.55. The number of hydrogen-bond donors (Lipinski definition) is 0. The summed E-state index contributed by atoms with van der Waals surface area (Å²) in [5, 5.41) is 8.17. The van der Waals surface area contributed by atoms with Crippen molar-refractivity contribution in [3.05, 3.63) is 47.2 Å². The Balaban J connectivity index is 2.26. The Bertz CT molecular complexity index is 647. The van der Waals surface area contributed by atoms with Crippen LogP contribution in [0.1, 0.15) is 0 Å². The summed E-state index contributed by atoms with van der Waals surface area (Å²) in [5.41, 5.74) is 2.72. The predicted molar refractivity (Wildman–Crippen MR) is 64.4 cm³/mol. The Kier molecular flexibility index (Phi) is 2.18. The van der Waals surface area contributed by atoms with Crippen LogP contribution in [0.5, 0.6) is 0 Å². The largest absolute Gasteiger partial charge is 0.262 e. The average molecular weight is 275 g/mol. The summed E-state index contributed by atoms with van der Waals surface area (Å²) >= 11 is 3.44. The van der Waals surface area contributed by atoms with Gasteiger partial charge in [-0.3, -0.25) is 4.98 Å². The number of fused-ring (bicyclic) bond motifs is 1. The van der Waals surface area contributed by atoms with Crippen LogP contribution in [0.2, 0.25) is 0 Å². The van der Waals surface area contributed by atoms with E-state index in [9.17, 15) is 0 Å². The summed E-state index contributed by atoms with van der Waals surface area (Å²) in [6.45, 7) is 0. The first kappa shape index (κ1) is 9.47. The van der Waals surface area contributed by atoms with Crippen molar-refractivity contribution in [3.63, 3.8) is 0 Å². The molecule has 1 aromatic carbocycles. The van der Waals surface area contributed by atoms with Gasteiger partial charge in [0.05, 0.1) is 17.4 Å². The summed E-state index contributed by atoms with van der Waals surface area (Å²) in [6, 6.07) is 9.82. The second-order valence-electron chi connectivity index (χ2n) is 3.35. The van der Waals surface area contributed by atoms with Gasteiger partial charge in [-0.2, -0.15) is 0 Å². The molecular weight excluding hydrogens is 268 g/mol. The molecule has 3 aromatic rings. The number of hydrogen-bond acceptors (Lipinski definition) is 3. The topological polar surface area (TPSA) is 43.6 Å². The first-order chi connectivity index (χ1) is 7.84. The van der Waals surface area contributed by atoms with Crippen molar-refractivity contribution in [1.82, 2.24) is 20.0 Å². The quantitative estimate of drug-likeness (QED) is 0.685. The molecule has 0 amide bonds. The van der Waals surface area contributed by atoms with E-state index in [2.05, 4.69) is 31.2 Å². The summed E-state index contributed by atoms with van der Waals surface area (Å²) in [5.74, 6) is 0. The minimum atomic E-state index is 0.794. The van der Waals surface area contributed by atoms with Crippen molar-refractivity contribution in [3.8, 4) is 5.69 Å². The van der Waals surface area contributed by atoms with Gasteiger partial charge < -0.3 is 0 Å². The number of pyridine rings is 1. The Morgan fingerprint density at radius 3 is 3.00 bits per heavy atom. The highest BCUT2D eigenvalue weighted by atomic mass is 79.9. The summed E-state index contributed by atoms with van der Waals surface area (Å²) in [6.07, 6.45) is 3.44. The monoisotopic (exact) mass is 274 g/mol. The van der Waals surface area contributed by atoms with Crippen molar-refractivity contribution < 1.29 is 0 Å². The Hall–Kier alpha value is -1.75. The molecule has 4 nitrogen and oxygen atoms in total. The SMILES string of the molecule is Brc1cccc(-n2nnc3cnccc32)c1. The lowest BCUT2D eigenvalue weighted by Crippen LogP contribution is -1.95. The molecule has 2 heterocycles. The van der Waals surface area contributed by atoms with Crippen molar-refractivity contribution in [2.45, 2.75) is 0 Å². The number of nitrogens with zero attached hydrogens (tertiary/aromatic N) is 4. The smallest absolute Gasteiger partial charge is 0.131 e. The molecule has 0 atom stereocenters. The lowest BCUT2D eigenvalue weighted by atomic mass is 10.3. The van der Waals surface area contributed by atoms with Crippen LogP contribution >= 0.6 is 15.9 Å². The predicted octanol–water partition coefficient (Wildman–Crippen LogP) is 2.58. The molecule has 0 fully saturated rings. The highest BCUT2D eigenvalue weighted by molar-refractivity contribution is 9.10. The van der Waals surface area contributed by atoms with Crippen molar-refractivity contribution in [2.24, 2.45) is 0 Å². The third-order valence-corrected chi connectivity index (χ3v) is 2.79. The third kappa shape index (κ3) is 1.49. The molecule has 2 aromatic heterocycles. The van der Waals surface area contributed by atoms with Crippen LogP contribution < -0.4 is 0 Å². The number of rotatable bonds is 1. The lowest BCUT2D eigenvalue weighted by Gasteiger charge is -2.01. The molecule has 5 heteroatoms. The molecule has 0 unspecified atom stereocenters. The number of benzene rings is 1. The molecule has 0 saturated heterocycles. The van der Waals surface area contributed by atoms with Crippen LogP contribution in [0.4, 0.5) is 0 Å². The van der Waals surface area contributed by atoms with E-state index in [1.807, 2.05) is 30.3 Å². The number of aromatic nitrogens is 4. The highest BCUT2D eigenvalue weighted by Gasteiger charge is 2.05. The van der Waals surface area contributed by atoms with Gasteiger partial charge in [0.25, 0.3) is 0 Å². The zero-order valence-electron chi connectivity index (χ0n) is 8.21. The minimum Gasteiger partial charge on any atom is -0.262 e. The van der Waals surface area contributed by atoms with E-state index in [1.54, 1.807) is 17.1 Å². The van der Waals surface area contributed by atoms with Crippen LogP contribution in [0.15, 0.2) is 47.2 Å². The van der Waals surface area contributed by atoms with E-state index in [0.29, 0.717) is 0 Å². The normalized spacial score (nSPS) is 10.8. The first-order valence-electron chi connectivity index (χ1n) is 4.76. The molecule has 16 heavy (non-hydrogen) atoms. The molecule has 0 saturated carbocycles. The van der Waals surface area contributed by atoms with Crippen LogP contribution in [0.3, 0.4) is 0 Å². The molecular formula is C11H7BrN4. The van der Waals surface area contributed by atoms with Crippen molar-refractivity contribution in [2.75, 3.05) is 0 Å². The average Bonchev–Trinajstić information content (AvgIpc) is 2.72. The fourth-order valence-corrected chi connectivity index (χ4v) is 1.96. The molecule has 0 aliphatic rings. The van der Waals surface area contributed by atoms with Crippen LogP contribution in [0, 0.1) is 0 Å². The van der Waals surface area contributed by atoms with E-state index in [-0.39, 0.29) is 0 Å². The zero-order valence-corrected chi connectivity index (χ0v) is 9.79. The van der Waals surface area contributed by atoms with E-state index < -0.39 is 0 Å². The van der Waals surface area contributed by atoms with Gasteiger partial charge in [0.15, 0.2) is 0 Å². The molecule has 3 rings (SSSR count). The van der Waals surface area contributed by atoms with Gasteiger partial charge >= 0.3 is 0 Å². The van der Waals surface area contributed by atoms with Crippen molar-refractivity contribution in [1.29, 1.82) is 0 Å². The van der Waals surface area contributed by atoms with E-state index in [1.165, 1.54) is 0 Å². The molecule has 0 radical (unpaired) electrons. The maximum Gasteiger partial charge on any atom is 0.131 e. The summed E-state index contributed by atoms with van der Waals surface area (Å²) in [7, 11) is 0.